The molecule has 0 radical (unpaired) electrons. The summed E-state index contributed by atoms with van der Waals surface area (Å²) in [6.45, 7) is 0.802. The molecule has 0 bridgehead atoms. The molecule has 1 saturated carbocycles. The number of hydrogen-bond acceptors (Lipinski definition) is 3. The van der Waals surface area contributed by atoms with Crippen molar-refractivity contribution in [3.05, 3.63) is 28.8 Å². The van der Waals surface area contributed by atoms with E-state index < -0.39 is 5.97 Å². The summed E-state index contributed by atoms with van der Waals surface area (Å²) in [6.07, 6.45) is 7.03. The minimum absolute atomic E-state index is 0.238. The van der Waals surface area contributed by atoms with Gasteiger partial charge in [0.05, 0.1) is 5.56 Å². The molecule has 0 aliphatic heterocycles. The zero-order valence-electron chi connectivity index (χ0n) is 10.9. The van der Waals surface area contributed by atoms with Gasteiger partial charge in [0.25, 0.3) is 0 Å². The van der Waals surface area contributed by atoms with Gasteiger partial charge < -0.3 is 10.4 Å². The van der Waals surface area contributed by atoms with Crippen molar-refractivity contribution in [2.75, 3.05) is 18.1 Å². The van der Waals surface area contributed by atoms with Crippen molar-refractivity contribution < 1.29 is 9.90 Å². The van der Waals surface area contributed by atoms with Gasteiger partial charge in [-0.05, 0) is 37.3 Å². The Morgan fingerprint density at radius 1 is 1.47 bits per heavy atom. The molecule has 1 aliphatic rings. The number of anilines is 1. The number of halogens is 1. The number of carbonyl (C=O) groups is 1. The van der Waals surface area contributed by atoms with E-state index in [4.69, 9.17) is 11.6 Å². The summed E-state index contributed by atoms with van der Waals surface area (Å²) in [5.41, 5.74) is 0.888. The fourth-order valence-corrected chi connectivity index (χ4v) is 3.66. The molecule has 0 aromatic heterocycles. The van der Waals surface area contributed by atoms with E-state index in [0.29, 0.717) is 10.7 Å². The zero-order chi connectivity index (χ0) is 13.9. The summed E-state index contributed by atoms with van der Waals surface area (Å²) in [7, 11) is 0. The van der Waals surface area contributed by atoms with Crippen LogP contribution in [0.2, 0.25) is 5.02 Å². The van der Waals surface area contributed by atoms with Crippen LogP contribution in [0, 0.1) is 0 Å². The smallest absolute Gasteiger partial charge is 0.337 e. The number of benzene rings is 1. The van der Waals surface area contributed by atoms with Gasteiger partial charge in [-0.15, -0.1) is 0 Å². The standard InChI is InChI=1S/C14H18ClNO2S/c1-19-14(6-2-3-7-14)9-16-12-5-4-10(15)8-11(12)13(17)18/h4-5,8,16H,2-3,6-7,9H2,1H3,(H,17,18). The van der Waals surface area contributed by atoms with Gasteiger partial charge in [0.2, 0.25) is 0 Å². The minimum atomic E-state index is -0.949. The average Bonchev–Trinajstić information content (AvgIpc) is 2.86. The lowest BCUT2D eigenvalue weighted by Gasteiger charge is -2.27. The highest BCUT2D eigenvalue weighted by Gasteiger charge is 2.32. The molecule has 104 valence electrons. The molecule has 5 heteroatoms. The van der Waals surface area contributed by atoms with Crippen molar-refractivity contribution in [2.45, 2.75) is 30.4 Å². The quantitative estimate of drug-likeness (QED) is 0.858. The second-order valence-corrected chi connectivity index (χ2v) is 6.65. The van der Waals surface area contributed by atoms with Gasteiger partial charge in [0.1, 0.15) is 0 Å². The van der Waals surface area contributed by atoms with Crippen molar-refractivity contribution in [2.24, 2.45) is 0 Å². The first kappa shape index (κ1) is 14.5. The summed E-state index contributed by atoms with van der Waals surface area (Å²) in [5, 5.41) is 12.9. The first-order valence-corrected chi connectivity index (χ1v) is 7.98. The van der Waals surface area contributed by atoms with Gasteiger partial charge in [-0.3, -0.25) is 0 Å². The third kappa shape index (κ3) is 3.37. The summed E-state index contributed by atoms with van der Waals surface area (Å²) < 4.78 is 0.245. The summed E-state index contributed by atoms with van der Waals surface area (Å²) >= 11 is 7.73. The lowest BCUT2D eigenvalue weighted by molar-refractivity contribution is 0.0698. The second kappa shape index (κ2) is 6.06. The maximum Gasteiger partial charge on any atom is 0.337 e. The van der Waals surface area contributed by atoms with Crippen LogP contribution in [-0.4, -0.2) is 28.6 Å². The molecule has 1 aromatic carbocycles. The van der Waals surface area contributed by atoms with Crippen LogP contribution in [-0.2, 0) is 0 Å². The third-order valence-corrected chi connectivity index (χ3v) is 5.41. The Balaban J connectivity index is 2.13. The number of rotatable bonds is 5. The van der Waals surface area contributed by atoms with E-state index in [0.717, 1.165) is 6.54 Å². The predicted octanol–water partition coefficient (Wildman–Crippen LogP) is 4.13. The van der Waals surface area contributed by atoms with Crippen molar-refractivity contribution in [3.8, 4) is 0 Å². The molecule has 0 spiro atoms. The average molecular weight is 300 g/mol. The highest BCUT2D eigenvalue weighted by molar-refractivity contribution is 8.00. The van der Waals surface area contributed by atoms with Crippen LogP contribution < -0.4 is 5.32 Å². The Morgan fingerprint density at radius 2 is 2.16 bits per heavy atom. The van der Waals surface area contributed by atoms with Crippen LogP contribution in [0.5, 0.6) is 0 Å². The second-order valence-electron chi connectivity index (χ2n) is 4.94. The van der Waals surface area contributed by atoms with Gasteiger partial charge in [0, 0.05) is 22.0 Å². The molecule has 1 aliphatic carbocycles. The Kier molecular flexibility index (Phi) is 4.63. The molecule has 0 heterocycles. The van der Waals surface area contributed by atoms with Crippen LogP contribution in [0.15, 0.2) is 18.2 Å². The van der Waals surface area contributed by atoms with Crippen LogP contribution >= 0.6 is 23.4 Å². The van der Waals surface area contributed by atoms with Crippen molar-refractivity contribution in [1.29, 1.82) is 0 Å². The molecule has 0 saturated heterocycles. The molecule has 1 fully saturated rings. The van der Waals surface area contributed by atoms with E-state index in [9.17, 15) is 9.90 Å². The third-order valence-electron chi connectivity index (χ3n) is 3.76. The Morgan fingerprint density at radius 3 is 2.74 bits per heavy atom. The Hall–Kier alpha value is -0.870. The van der Waals surface area contributed by atoms with E-state index in [2.05, 4.69) is 11.6 Å². The molecule has 0 atom stereocenters. The fourth-order valence-electron chi connectivity index (χ4n) is 2.58. The SMILES string of the molecule is CSC1(CNc2ccc(Cl)cc2C(=O)O)CCCC1. The maximum absolute atomic E-state index is 11.2. The Labute approximate surface area is 122 Å². The van der Waals surface area contributed by atoms with Gasteiger partial charge in [-0.1, -0.05) is 24.4 Å². The number of thioether (sulfide) groups is 1. The maximum atomic E-state index is 11.2. The fraction of sp³-hybridized carbons (Fsp3) is 0.500. The molecular weight excluding hydrogens is 282 g/mol. The normalized spacial score (nSPS) is 17.4. The van der Waals surface area contributed by atoms with Crippen molar-refractivity contribution in [3.63, 3.8) is 0 Å². The number of carboxylic acid groups (broad SMARTS) is 1. The highest BCUT2D eigenvalue weighted by Crippen LogP contribution is 2.40. The van der Waals surface area contributed by atoms with E-state index >= 15 is 0 Å². The van der Waals surface area contributed by atoms with Gasteiger partial charge >= 0.3 is 5.97 Å². The molecule has 2 N–H and O–H groups in total. The van der Waals surface area contributed by atoms with E-state index in [1.807, 2.05) is 11.8 Å². The topological polar surface area (TPSA) is 49.3 Å². The molecule has 1 aromatic rings. The molecule has 2 rings (SSSR count). The summed E-state index contributed by atoms with van der Waals surface area (Å²) in [6, 6.07) is 4.96. The highest BCUT2D eigenvalue weighted by atomic mass is 35.5. The van der Waals surface area contributed by atoms with Gasteiger partial charge in [-0.25, -0.2) is 4.79 Å². The number of aromatic carboxylic acids is 1. The van der Waals surface area contributed by atoms with Crippen molar-refractivity contribution >= 4 is 35.0 Å². The van der Waals surface area contributed by atoms with Crippen LogP contribution in [0.1, 0.15) is 36.0 Å². The van der Waals surface area contributed by atoms with Crippen LogP contribution in [0.25, 0.3) is 0 Å². The van der Waals surface area contributed by atoms with E-state index in [1.165, 1.54) is 31.7 Å². The van der Waals surface area contributed by atoms with Gasteiger partial charge in [0.15, 0.2) is 0 Å². The first-order chi connectivity index (χ1) is 9.06. The molecule has 19 heavy (non-hydrogen) atoms. The first-order valence-electron chi connectivity index (χ1n) is 6.38. The van der Waals surface area contributed by atoms with Crippen LogP contribution in [0.4, 0.5) is 5.69 Å². The molecule has 3 nitrogen and oxygen atoms in total. The lowest BCUT2D eigenvalue weighted by Crippen LogP contribution is -2.30. The molecule has 0 amide bonds. The minimum Gasteiger partial charge on any atom is -0.478 e. The van der Waals surface area contributed by atoms with Gasteiger partial charge in [-0.2, -0.15) is 11.8 Å². The summed E-state index contributed by atoms with van der Waals surface area (Å²) in [4.78, 5) is 11.2. The lowest BCUT2D eigenvalue weighted by atomic mass is 10.1. The predicted molar refractivity (Wildman–Crippen MR) is 81.6 cm³/mol. The molecule has 0 unspecified atom stereocenters. The monoisotopic (exact) mass is 299 g/mol. The number of carboxylic acids is 1. The zero-order valence-corrected chi connectivity index (χ0v) is 12.5. The summed E-state index contributed by atoms with van der Waals surface area (Å²) in [5.74, 6) is -0.949. The van der Waals surface area contributed by atoms with Crippen molar-refractivity contribution in [1.82, 2.24) is 0 Å². The Bertz CT molecular complexity index is 473. The van der Waals surface area contributed by atoms with E-state index in [-0.39, 0.29) is 10.3 Å². The van der Waals surface area contributed by atoms with E-state index in [1.54, 1.807) is 12.1 Å². The molecular formula is C14H18ClNO2S. The largest absolute Gasteiger partial charge is 0.478 e. The number of nitrogens with one attached hydrogen (secondary N) is 1. The number of hydrogen-bond donors (Lipinski definition) is 2. The van der Waals surface area contributed by atoms with Crippen LogP contribution in [0.3, 0.4) is 0 Å².